The number of oxazole rings is 1. The molecule has 2 aromatic rings. The summed E-state index contributed by atoms with van der Waals surface area (Å²) < 4.78 is 32.9. The van der Waals surface area contributed by atoms with E-state index < -0.39 is 15.8 Å². The molecule has 0 spiro atoms. The molecule has 2 N–H and O–H groups in total. The van der Waals surface area contributed by atoms with Gasteiger partial charge in [-0.15, -0.1) is 0 Å². The van der Waals surface area contributed by atoms with Crippen molar-refractivity contribution in [1.82, 2.24) is 14.6 Å². The minimum absolute atomic E-state index is 0.0795. The topological polar surface area (TPSA) is 93.3 Å². The third-order valence-electron chi connectivity index (χ3n) is 2.92. The Labute approximate surface area is 116 Å². The molecule has 0 aliphatic heterocycles. The fraction of sp³-hybridized carbons (Fsp3) is 0.417. The number of fused-ring (bicyclic) bond motifs is 1. The zero-order chi connectivity index (χ0) is 14.8. The van der Waals surface area contributed by atoms with Gasteiger partial charge in [-0.2, -0.15) is 0 Å². The van der Waals surface area contributed by atoms with Crippen molar-refractivity contribution in [3.05, 3.63) is 28.7 Å². The highest BCUT2D eigenvalue weighted by Gasteiger charge is 2.16. The first-order chi connectivity index (χ1) is 9.45. The Hall–Kier alpha value is -1.64. The fourth-order valence-electron chi connectivity index (χ4n) is 1.82. The van der Waals surface area contributed by atoms with E-state index in [4.69, 9.17) is 4.42 Å². The smallest absolute Gasteiger partial charge is 0.408 e. The van der Waals surface area contributed by atoms with Crippen molar-refractivity contribution < 1.29 is 12.8 Å². The number of nitrogens with one attached hydrogen (secondary N) is 2. The highest BCUT2D eigenvalue weighted by atomic mass is 32.2. The van der Waals surface area contributed by atoms with Gasteiger partial charge in [0.05, 0.1) is 10.4 Å². The molecule has 0 saturated carbocycles. The van der Waals surface area contributed by atoms with Gasteiger partial charge < -0.3 is 9.73 Å². The first-order valence-corrected chi connectivity index (χ1v) is 7.74. The maximum atomic E-state index is 12.1. The van der Waals surface area contributed by atoms with Crippen LogP contribution in [0.5, 0.6) is 0 Å². The van der Waals surface area contributed by atoms with E-state index in [9.17, 15) is 13.2 Å². The van der Waals surface area contributed by atoms with Crippen LogP contribution in [0.4, 0.5) is 0 Å². The van der Waals surface area contributed by atoms with Crippen LogP contribution in [-0.2, 0) is 17.1 Å². The quantitative estimate of drug-likeness (QED) is 0.733. The Morgan fingerprint density at radius 3 is 2.75 bits per heavy atom. The molecule has 0 bridgehead atoms. The van der Waals surface area contributed by atoms with Gasteiger partial charge in [0.25, 0.3) is 0 Å². The minimum atomic E-state index is -3.60. The van der Waals surface area contributed by atoms with Gasteiger partial charge in [0.15, 0.2) is 5.58 Å². The molecule has 0 amide bonds. The lowest BCUT2D eigenvalue weighted by molar-refractivity contribution is 0.527. The second-order valence-corrected chi connectivity index (χ2v) is 6.07. The molecule has 2 rings (SSSR count). The average Bonchev–Trinajstić information content (AvgIpc) is 2.70. The van der Waals surface area contributed by atoms with Gasteiger partial charge in [-0.3, -0.25) is 4.57 Å². The Morgan fingerprint density at radius 2 is 2.05 bits per heavy atom. The highest BCUT2D eigenvalue weighted by Crippen LogP contribution is 2.17. The van der Waals surface area contributed by atoms with Crippen molar-refractivity contribution in [3.63, 3.8) is 0 Å². The molecule has 20 heavy (non-hydrogen) atoms. The molecule has 0 atom stereocenters. The second kappa shape index (κ2) is 5.78. The minimum Gasteiger partial charge on any atom is -0.408 e. The van der Waals surface area contributed by atoms with Crippen LogP contribution < -0.4 is 15.8 Å². The average molecular weight is 299 g/mol. The van der Waals surface area contributed by atoms with E-state index in [-0.39, 0.29) is 10.5 Å². The van der Waals surface area contributed by atoms with E-state index in [0.29, 0.717) is 18.6 Å². The standard InChI is InChI=1S/C12H17N3O4S/c1-3-13-6-7-14-20(17,18)9-4-5-10-11(8-9)19-12(16)15(10)2/h4-5,8,13-14H,3,6-7H2,1-2H3. The summed E-state index contributed by atoms with van der Waals surface area (Å²) in [5.41, 5.74) is 0.814. The molecule has 1 aromatic carbocycles. The van der Waals surface area contributed by atoms with Crippen LogP contribution in [0.25, 0.3) is 11.1 Å². The van der Waals surface area contributed by atoms with Crippen molar-refractivity contribution in [3.8, 4) is 0 Å². The number of sulfonamides is 1. The van der Waals surface area contributed by atoms with E-state index >= 15 is 0 Å². The summed E-state index contributed by atoms with van der Waals surface area (Å²) in [6, 6.07) is 4.36. The lowest BCUT2D eigenvalue weighted by Crippen LogP contribution is -2.31. The van der Waals surface area contributed by atoms with Gasteiger partial charge in [0.2, 0.25) is 10.0 Å². The summed E-state index contributed by atoms with van der Waals surface area (Å²) in [5, 5.41) is 3.02. The summed E-state index contributed by atoms with van der Waals surface area (Å²) in [6.07, 6.45) is 0. The predicted octanol–water partition coefficient (Wildman–Crippen LogP) is 0.0193. The maximum absolute atomic E-state index is 12.1. The van der Waals surface area contributed by atoms with E-state index in [0.717, 1.165) is 6.54 Å². The molecule has 0 aliphatic carbocycles. The molecule has 110 valence electrons. The van der Waals surface area contributed by atoms with Gasteiger partial charge in [-0.1, -0.05) is 6.92 Å². The van der Waals surface area contributed by atoms with Gasteiger partial charge in [0.1, 0.15) is 0 Å². The Bertz CT molecular complexity index is 761. The van der Waals surface area contributed by atoms with Gasteiger partial charge >= 0.3 is 5.76 Å². The SMILES string of the molecule is CCNCCNS(=O)(=O)c1ccc2c(c1)oc(=O)n2C. The van der Waals surface area contributed by atoms with Crippen LogP contribution >= 0.6 is 0 Å². The summed E-state index contributed by atoms with van der Waals surface area (Å²) in [4.78, 5) is 11.4. The zero-order valence-electron chi connectivity index (χ0n) is 11.3. The molecular weight excluding hydrogens is 282 g/mol. The fourth-order valence-corrected chi connectivity index (χ4v) is 2.86. The van der Waals surface area contributed by atoms with Gasteiger partial charge in [-0.05, 0) is 18.7 Å². The highest BCUT2D eigenvalue weighted by molar-refractivity contribution is 7.89. The maximum Gasteiger partial charge on any atom is 0.419 e. The number of rotatable bonds is 6. The van der Waals surface area contributed by atoms with E-state index in [1.165, 1.54) is 16.7 Å². The molecular formula is C12H17N3O4S. The van der Waals surface area contributed by atoms with Crippen LogP contribution in [0, 0.1) is 0 Å². The first kappa shape index (κ1) is 14.8. The predicted molar refractivity (Wildman–Crippen MR) is 75.2 cm³/mol. The number of aryl methyl sites for hydroxylation is 1. The van der Waals surface area contributed by atoms with Crippen LogP contribution in [0.15, 0.2) is 32.3 Å². The number of nitrogens with zero attached hydrogens (tertiary/aromatic N) is 1. The van der Waals surface area contributed by atoms with E-state index in [1.54, 1.807) is 13.1 Å². The van der Waals surface area contributed by atoms with Crippen molar-refractivity contribution in [2.45, 2.75) is 11.8 Å². The Balaban J connectivity index is 2.26. The molecule has 0 aliphatic rings. The molecule has 1 heterocycles. The number of hydrogen-bond donors (Lipinski definition) is 2. The molecule has 0 saturated heterocycles. The summed E-state index contributed by atoms with van der Waals surface area (Å²) in [6.45, 7) is 3.58. The Morgan fingerprint density at radius 1 is 1.30 bits per heavy atom. The first-order valence-electron chi connectivity index (χ1n) is 6.25. The molecule has 0 radical (unpaired) electrons. The van der Waals surface area contributed by atoms with E-state index in [1.807, 2.05) is 6.92 Å². The normalized spacial score (nSPS) is 12.1. The third-order valence-corrected chi connectivity index (χ3v) is 4.38. The van der Waals surface area contributed by atoms with Crippen LogP contribution in [0.1, 0.15) is 6.92 Å². The van der Waals surface area contributed by atoms with Gasteiger partial charge in [-0.25, -0.2) is 17.9 Å². The molecule has 1 aromatic heterocycles. The third kappa shape index (κ3) is 2.92. The second-order valence-electron chi connectivity index (χ2n) is 4.31. The Kier molecular flexibility index (Phi) is 4.26. The molecule has 7 nitrogen and oxygen atoms in total. The number of hydrogen-bond acceptors (Lipinski definition) is 5. The van der Waals surface area contributed by atoms with Crippen LogP contribution in [0.2, 0.25) is 0 Å². The summed E-state index contributed by atoms with van der Waals surface area (Å²) in [5.74, 6) is -0.519. The number of benzene rings is 1. The zero-order valence-corrected chi connectivity index (χ0v) is 12.2. The van der Waals surface area contributed by atoms with Crippen LogP contribution in [0.3, 0.4) is 0 Å². The number of aromatic nitrogens is 1. The van der Waals surface area contributed by atoms with Crippen molar-refractivity contribution in [2.24, 2.45) is 7.05 Å². The van der Waals surface area contributed by atoms with E-state index in [2.05, 4.69) is 10.0 Å². The number of likely N-dealkylation sites (N-methyl/N-ethyl adjacent to an activating group) is 1. The lowest BCUT2D eigenvalue weighted by Gasteiger charge is -2.06. The molecule has 0 fully saturated rings. The largest absolute Gasteiger partial charge is 0.419 e. The van der Waals surface area contributed by atoms with Crippen molar-refractivity contribution >= 4 is 21.1 Å². The molecule has 8 heteroatoms. The van der Waals surface area contributed by atoms with Crippen molar-refractivity contribution in [2.75, 3.05) is 19.6 Å². The lowest BCUT2D eigenvalue weighted by atomic mass is 10.3. The summed E-state index contributed by atoms with van der Waals surface area (Å²) >= 11 is 0. The van der Waals surface area contributed by atoms with Crippen molar-refractivity contribution in [1.29, 1.82) is 0 Å². The van der Waals surface area contributed by atoms with Crippen LogP contribution in [-0.4, -0.2) is 32.6 Å². The molecule has 0 unspecified atom stereocenters. The van der Waals surface area contributed by atoms with Gasteiger partial charge in [0, 0.05) is 26.2 Å². The summed E-state index contributed by atoms with van der Waals surface area (Å²) in [7, 11) is -2.03. The monoisotopic (exact) mass is 299 g/mol.